The van der Waals surface area contributed by atoms with Crippen LogP contribution in [0.3, 0.4) is 0 Å². The number of carbonyl (C=O) groups is 1. The first kappa shape index (κ1) is 26.3. The standard InChI is InChI=1S/C29H47F3O2/c1-18(2)7-6-8-19(3)23-11-12-24-22-10-9-20-17-21(34-26(33)29(30,31)32)13-15-27(20,4)25(22)14-16-28(23,24)5/h18-25H,6-17H2,1-5H3/t19-,20+,21?,22?,23?,24?,25?,27?,28?/m1/s1. The summed E-state index contributed by atoms with van der Waals surface area (Å²) in [4.78, 5) is 11.4. The van der Waals surface area contributed by atoms with Crippen molar-refractivity contribution in [3.8, 4) is 0 Å². The highest BCUT2D eigenvalue weighted by atomic mass is 19.4. The molecule has 196 valence electrons. The third-order valence-electron chi connectivity index (χ3n) is 11.3. The zero-order valence-electron chi connectivity index (χ0n) is 22.1. The van der Waals surface area contributed by atoms with Gasteiger partial charge in [-0.3, -0.25) is 0 Å². The van der Waals surface area contributed by atoms with Crippen LogP contribution in [0, 0.1) is 52.3 Å². The van der Waals surface area contributed by atoms with Crippen molar-refractivity contribution in [2.75, 3.05) is 0 Å². The van der Waals surface area contributed by atoms with Gasteiger partial charge in [0.2, 0.25) is 0 Å². The van der Waals surface area contributed by atoms with Gasteiger partial charge in [0.15, 0.2) is 0 Å². The largest absolute Gasteiger partial charge is 0.490 e. The predicted molar refractivity (Wildman–Crippen MR) is 129 cm³/mol. The summed E-state index contributed by atoms with van der Waals surface area (Å²) in [5, 5.41) is 0. The maximum absolute atomic E-state index is 12.7. The van der Waals surface area contributed by atoms with Gasteiger partial charge in [0.1, 0.15) is 6.10 Å². The maximum atomic E-state index is 12.7. The van der Waals surface area contributed by atoms with E-state index in [1.165, 1.54) is 51.4 Å². The Morgan fingerprint density at radius 2 is 1.59 bits per heavy atom. The minimum absolute atomic E-state index is 0.187. The third kappa shape index (κ3) is 4.80. The van der Waals surface area contributed by atoms with E-state index in [1.807, 2.05) is 0 Å². The van der Waals surface area contributed by atoms with Crippen molar-refractivity contribution in [1.29, 1.82) is 0 Å². The fraction of sp³-hybridized carbons (Fsp3) is 0.966. The van der Waals surface area contributed by atoms with Crippen molar-refractivity contribution in [2.45, 2.75) is 124 Å². The number of hydrogen-bond donors (Lipinski definition) is 0. The number of esters is 1. The number of carbonyl (C=O) groups excluding carboxylic acids is 1. The molecule has 0 N–H and O–H groups in total. The van der Waals surface area contributed by atoms with Gasteiger partial charge in [0.05, 0.1) is 0 Å². The summed E-state index contributed by atoms with van der Waals surface area (Å²) in [6.07, 6.45) is 8.28. The van der Waals surface area contributed by atoms with Crippen LogP contribution < -0.4 is 0 Å². The summed E-state index contributed by atoms with van der Waals surface area (Å²) in [6.45, 7) is 12.2. The molecule has 0 aromatic carbocycles. The van der Waals surface area contributed by atoms with Crippen molar-refractivity contribution in [1.82, 2.24) is 0 Å². The molecular weight excluding hydrogens is 437 g/mol. The molecule has 4 aliphatic carbocycles. The van der Waals surface area contributed by atoms with Crippen LogP contribution in [0.25, 0.3) is 0 Å². The summed E-state index contributed by atoms with van der Waals surface area (Å²) >= 11 is 0. The molecule has 0 amide bonds. The van der Waals surface area contributed by atoms with Gasteiger partial charge in [0, 0.05) is 0 Å². The van der Waals surface area contributed by atoms with E-state index in [9.17, 15) is 18.0 Å². The molecule has 9 atom stereocenters. The Labute approximate surface area is 205 Å². The zero-order valence-corrected chi connectivity index (χ0v) is 22.1. The van der Waals surface area contributed by atoms with E-state index >= 15 is 0 Å². The van der Waals surface area contributed by atoms with Crippen LogP contribution in [0.15, 0.2) is 0 Å². The normalized spacial score (nSPS) is 43.1. The third-order valence-corrected chi connectivity index (χ3v) is 11.3. The SMILES string of the molecule is CC(C)CCC[C@@H](C)C1CCC2C3CC[C@H]4CC(OC(=O)C(F)(F)F)CCC4(C)C3CCC21C. The first-order valence-electron chi connectivity index (χ1n) is 14.1. The Hall–Kier alpha value is -0.740. The number of ether oxygens (including phenoxy) is 1. The van der Waals surface area contributed by atoms with Crippen LogP contribution in [0.2, 0.25) is 0 Å². The Kier molecular flexibility index (Phi) is 7.44. The molecule has 0 spiro atoms. The second-order valence-electron chi connectivity index (χ2n) is 13.5. The summed E-state index contributed by atoms with van der Waals surface area (Å²) in [7, 11) is 0. The van der Waals surface area contributed by atoms with Crippen LogP contribution in [0.1, 0.15) is 112 Å². The highest BCUT2D eigenvalue weighted by Crippen LogP contribution is 2.68. The van der Waals surface area contributed by atoms with Gasteiger partial charge in [0.25, 0.3) is 0 Å². The molecule has 4 aliphatic rings. The molecule has 0 heterocycles. The molecule has 34 heavy (non-hydrogen) atoms. The smallest absolute Gasteiger partial charge is 0.456 e. The van der Waals surface area contributed by atoms with Crippen LogP contribution in [-0.4, -0.2) is 18.2 Å². The number of halogens is 3. The number of fused-ring (bicyclic) bond motifs is 5. The van der Waals surface area contributed by atoms with Gasteiger partial charge in [-0.25, -0.2) is 4.79 Å². The molecule has 0 aromatic rings. The Morgan fingerprint density at radius 3 is 2.26 bits per heavy atom. The first-order chi connectivity index (χ1) is 15.9. The molecular formula is C29H47F3O2. The Morgan fingerprint density at radius 1 is 0.912 bits per heavy atom. The van der Waals surface area contributed by atoms with E-state index in [-0.39, 0.29) is 5.41 Å². The lowest BCUT2D eigenvalue weighted by atomic mass is 9.44. The van der Waals surface area contributed by atoms with Crippen LogP contribution in [-0.2, 0) is 9.53 Å². The average Bonchev–Trinajstić information content (AvgIpc) is 3.10. The fourth-order valence-corrected chi connectivity index (χ4v) is 9.57. The maximum Gasteiger partial charge on any atom is 0.490 e. The van der Waals surface area contributed by atoms with Gasteiger partial charge in [-0.05, 0) is 110 Å². The van der Waals surface area contributed by atoms with Crippen LogP contribution >= 0.6 is 0 Å². The quantitative estimate of drug-likeness (QED) is 0.353. The molecule has 4 fully saturated rings. The molecule has 0 bridgehead atoms. The van der Waals surface area contributed by atoms with E-state index in [2.05, 4.69) is 34.6 Å². The highest BCUT2D eigenvalue weighted by molar-refractivity contribution is 5.75. The lowest BCUT2D eigenvalue weighted by molar-refractivity contribution is -0.210. The van der Waals surface area contributed by atoms with E-state index in [0.29, 0.717) is 30.1 Å². The van der Waals surface area contributed by atoms with Gasteiger partial charge < -0.3 is 4.74 Å². The molecule has 5 heteroatoms. The van der Waals surface area contributed by atoms with Crippen molar-refractivity contribution in [3.63, 3.8) is 0 Å². The van der Waals surface area contributed by atoms with Gasteiger partial charge in [-0.1, -0.05) is 53.9 Å². The van der Waals surface area contributed by atoms with Gasteiger partial charge >= 0.3 is 12.1 Å². The monoisotopic (exact) mass is 484 g/mol. The second kappa shape index (κ2) is 9.61. The molecule has 7 unspecified atom stereocenters. The molecule has 0 aliphatic heterocycles. The lowest BCUT2D eigenvalue weighted by Gasteiger charge is -2.61. The average molecular weight is 485 g/mol. The molecule has 4 rings (SSSR count). The van der Waals surface area contributed by atoms with E-state index in [0.717, 1.165) is 42.4 Å². The molecule has 0 radical (unpaired) electrons. The number of hydrogen-bond acceptors (Lipinski definition) is 2. The van der Waals surface area contributed by atoms with E-state index < -0.39 is 18.2 Å². The molecule has 0 aromatic heterocycles. The summed E-state index contributed by atoms with van der Waals surface area (Å²) in [5.74, 6) is 3.05. The molecule has 2 nitrogen and oxygen atoms in total. The summed E-state index contributed by atoms with van der Waals surface area (Å²) < 4.78 is 43.0. The Bertz CT molecular complexity index is 733. The first-order valence-corrected chi connectivity index (χ1v) is 14.1. The van der Waals surface area contributed by atoms with Crippen molar-refractivity contribution in [3.05, 3.63) is 0 Å². The van der Waals surface area contributed by atoms with E-state index in [1.54, 1.807) is 0 Å². The predicted octanol–water partition coefficient (Wildman–Crippen LogP) is 8.58. The number of rotatable bonds is 6. The minimum atomic E-state index is -4.89. The minimum Gasteiger partial charge on any atom is -0.456 e. The van der Waals surface area contributed by atoms with Crippen LogP contribution in [0.4, 0.5) is 13.2 Å². The molecule has 0 saturated heterocycles. The van der Waals surface area contributed by atoms with Crippen molar-refractivity contribution in [2.24, 2.45) is 52.3 Å². The molecule has 4 saturated carbocycles. The highest BCUT2D eigenvalue weighted by Gasteiger charge is 2.61. The number of alkyl halides is 3. The lowest BCUT2D eigenvalue weighted by Crippen LogP contribution is -2.54. The summed E-state index contributed by atoms with van der Waals surface area (Å²) in [5.41, 5.74) is 0.646. The zero-order chi connectivity index (χ0) is 24.9. The van der Waals surface area contributed by atoms with Gasteiger partial charge in [-0.2, -0.15) is 13.2 Å². The van der Waals surface area contributed by atoms with Gasteiger partial charge in [-0.15, -0.1) is 0 Å². The topological polar surface area (TPSA) is 26.3 Å². The van der Waals surface area contributed by atoms with Crippen molar-refractivity contribution >= 4 is 5.97 Å². The Balaban J connectivity index is 1.41. The second-order valence-corrected chi connectivity index (χ2v) is 13.5. The van der Waals surface area contributed by atoms with E-state index in [4.69, 9.17) is 4.74 Å². The fourth-order valence-electron chi connectivity index (χ4n) is 9.57. The van der Waals surface area contributed by atoms with Crippen LogP contribution in [0.5, 0.6) is 0 Å². The summed E-state index contributed by atoms with van der Waals surface area (Å²) in [6, 6.07) is 0. The van der Waals surface area contributed by atoms with Crippen molar-refractivity contribution < 1.29 is 22.7 Å².